The van der Waals surface area contributed by atoms with E-state index in [1.165, 1.54) is 16.8 Å². The fourth-order valence-corrected chi connectivity index (χ4v) is 2.82. The second kappa shape index (κ2) is 6.79. The number of anilines is 1. The number of nitrogens with zero attached hydrogens (tertiary/aromatic N) is 3. The van der Waals surface area contributed by atoms with E-state index in [2.05, 4.69) is 47.6 Å². The number of benzene rings is 1. The summed E-state index contributed by atoms with van der Waals surface area (Å²) in [5.41, 5.74) is 3.97. The first-order valence-electron chi connectivity index (χ1n) is 6.98. The molecule has 0 saturated heterocycles. The van der Waals surface area contributed by atoms with E-state index >= 15 is 0 Å². The van der Waals surface area contributed by atoms with Gasteiger partial charge in [-0.05, 0) is 30.2 Å². The van der Waals surface area contributed by atoms with Gasteiger partial charge in [-0.2, -0.15) is 0 Å². The lowest BCUT2D eigenvalue weighted by atomic mass is 10.0. The molecule has 0 fully saturated rings. The fourth-order valence-electron chi connectivity index (χ4n) is 2.31. The molecule has 0 aliphatic heterocycles. The highest BCUT2D eigenvalue weighted by molar-refractivity contribution is 7.98. The zero-order chi connectivity index (χ0) is 14.5. The summed E-state index contributed by atoms with van der Waals surface area (Å²) >= 11 is 1.61. The highest BCUT2D eigenvalue weighted by atomic mass is 32.2. The molecule has 1 N–H and O–H groups in total. The quantitative estimate of drug-likeness (QED) is 0.829. The third kappa shape index (κ3) is 2.98. The lowest BCUT2D eigenvalue weighted by molar-refractivity contribution is 0.745. The van der Waals surface area contributed by atoms with Crippen LogP contribution in [0.25, 0.3) is 0 Å². The SMILES string of the molecule is CCc1cccc(CC)c1NCc1nnc(SC)n1C. The van der Waals surface area contributed by atoms with Crippen molar-refractivity contribution in [2.45, 2.75) is 38.4 Å². The predicted molar refractivity (Wildman–Crippen MR) is 85.3 cm³/mol. The predicted octanol–water partition coefficient (Wildman–Crippen LogP) is 3.27. The molecule has 108 valence electrons. The van der Waals surface area contributed by atoms with Crippen molar-refractivity contribution in [3.8, 4) is 0 Å². The molecule has 1 heterocycles. The molecule has 20 heavy (non-hydrogen) atoms. The van der Waals surface area contributed by atoms with Crippen molar-refractivity contribution in [3.05, 3.63) is 35.2 Å². The summed E-state index contributed by atoms with van der Waals surface area (Å²) in [6.07, 6.45) is 4.08. The van der Waals surface area contributed by atoms with Crippen molar-refractivity contribution in [1.82, 2.24) is 14.8 Å². The van der Waals surface area contributed by atoms with Crippen LogP contribution in [0.3, 0.4) is 0 Å². The molecule has 0 aliphatic carbocycles. The Labute approximate surface area is 125 Å². The van der Waals surface area contributed by atoms with E-state index in [1.807, 2.05) is 17.9 Å². The maximum absolute atomic E-state index is 4.24. The van der Waals surface area contributed by atoms with Crippen LogP contribution < -0.4 is 5.32 Å². The Bertz CT molecular complexity index is 555. The maximum Gasteiger partial charge on any atom is 0.190 e. The minimum atomic E-state index is 0.702. The van der Waals surface area contributed by atoms with Crippen molar-refractivity contribution in [2.75, 3.05) is 11.6 Å². The molecular weight excluding hydrogens is 268 g/mol. The van der Waals surface area contributed by atoms with E-state index < -0.39 is 0 Å². The van der Waals surface area contributed by atoms with Crippen molar-refractivity contribution in [1.29, 1.82) is 0 Å². The lowest BCUT2D eigenvalue weighted by Crippen LogP contribution is -2.09. The number of rotatable bonds is 6. The lowest BCUT2D eigenvalue weighted by Gasteiger charge is -2.15. The summed E-state index contributed by atoms with van der Waals surface area (Å²) in [5, 5.41) is 12.9. The molecule has 2 aromatic rings. The van der Waals surface area contributed by atoms with E-state index in [9.17, 15) is 0 Å². The van der Waals surface area contributed by atoms with Crippen molar-refractivity contribution in [3.63, 3.8) is 0 Å². The van der Waals surface area contributed by atoms with Gasteiger partial charge in [0.05, 0.1) is 6.54 Å². The van der Waals surface area contributed by atoms with Crippen LogP contribution in [0, 0.1) is 0 Å². The van der Waals surface area contributed by atoms with Crippen molar-refractivity contribution in [2.24, 2.45) is 7.05 Å². The third-order valence-corrected chi connectivity index (χ3v) is 4.25. The zero-order valence-corrected chi connectivity index (χ0v) is 13.4. The Morgan fingerprint density at radius 3 is 2.30 bits per heavy atom. The van der Waals surface area contributed by atoms with Gasteiger partial charge in [0.15, 0.2) is 11.0 Å². The van der Waals surface area contributed by atoms with Gasteiger partial charge in [-0.25, -0.2) is 0 Å². The van der Waals surface area contributed by atoms with Crippen LogP contribution in [0.4, 0.5) is 5.69 Å². The Hall–Kier alpha value is -1.49. The molecule has 0 aliphatic rings. The second-order valence-corrected chi connectivity index (χ2v) is 5.45. The number of aryl methyl sites for hydroxylation is 2. The van der Waals surface area contributed by atoms with E-state index in [1.54, 1.807) is 11.8 Å². The summed E-state index contributed by atoms with van der Waals surface area (Å²) in [6.45, 7) is 5.08. The van der Waals surface area contributed by atoms with Gasteiger partial charge in [-0.1, -0.05) is 43.8 Å². The first-order chi connectivity index (χ1) is 9.71. The topological polar surface area (TPSA) is 42.7 Å². The van der Waals surface area contributed by atoms with Crippen LogP contribution in [0.5, 0.6) is 0 Å². The molecule has 0 spiro atoms. The molecule has 0 saturated carbocycles. The largest absolute Gasteiger partial charge is 0.377 e. The third-order valence-electron chi connectivity index (χ3n) is 3.53. The highest BCUT2D eigenvalue weighted by Crippen LogP contribution is 2.23. The molecule has 4 nitrogen and oxygen atoms in total. The molecule has 0 radical (unpaired) electrons. The summed E-state index contributed by atoms with van der Waals surface area (Å²) in [5.74, 6) is 0.960. The van der Waals surface area contributed by atoms with E-state index in [4.69, 9.17) is 0 Å². The number of hydrogen-bond acceptors (Lipinski definition) is 4. The molecule has 5 heteroatoms. The Morgan fingerprint density at radius 2 is 1.80 bits per heavy atom. The first kappa shape index (κ1) is 14.9. The van der Waals surface area contributed by atoms with E-state index in [-0.39, 0.29) is 0 Å². The number of hydrogen-bond donors (Lipinski definition) is 1. The van der Waals surface area contributed by atoms with E-state index in [0.717, 1.165) is 23.8 Å². The van der Waals surface area contributed by atoms with Gasteiger partial charge in [-0.15, -0.1) is 10.2 Å². The van der Waals surface area contributed by atoms with Gasteiger partial charge >= 0.3 is 0 Å². The summed E-state index contributed by atoms with van der Waals surface area (Å²) in [4.78, 5) is 0. The van der Waals surface area contributed by atoms with Gasteiger partial charge in [0, 0.05) is 12.7 Å². The van der Waals surface area contributed by atoms with Crippen LogP contribution in [0.15, 0.2) is 23.4 Å². The molecule has 2 rings (SSSR count). The summed E-state index contributed by atoms with van der Waals surface area (Å²) in [6, 6.07) is 6.51. The Balaban J connectivity index is 2.20. The normalized spacial score (nSPS) is 10.8. The molecule has 0 amide bonds. The minimum absolute atomic E-state index is 0.702. The average molecular weight is 290 g/mol. The second-order valence-electron chi connectivity index (χ2n) is 4.67. The van der Waals surface area contributed by atoms with Crippen LogP contribution in [-0.2, 0) is 26.4 Å². The zero-order valence-electron chi connectivity index (χ0n) is 12.6. The van der Waals surface area contributed by atoms with Crippen molar-refractivity contribution < 1.29 is 0 Å². The molecule has 0 bridgehead atoms. The van der Waals surface area contributed by atoms with Crippen molar-refractivity contribution >= 4 is 17.4 Å². The van der Waals surface area contributed by atoms with Gasteiger partial charge in [0.2, 0.25) is 0 Å². The van der Waals surface area contributed by atoms with Gasteiger partial charge in [0.25, 0.3) is 0 Å². The van der Waals surface area contributed by atoms with Crippen LogP contribution >= 0.6 is 11.8 Å². The Kier molecular flexibility index (Phi) is 5.06. The van der Waals surface area contributed by atoms with Crippen LogP contribution in [0.2, 0.25) is 0 Å². The molecule has 1 aromatic carbocycles. The van der Waals surface area contributed by atoms with Gasteiger partial charge < -0.3 is 9.88 Å². The maximum atomic E-state index is 4.24. The Morgan fingerprint density at radius 1 is 1.15 bits per heavy atom. The number of aromatic nitrogens is 3. The monoisotopic (exact) mass is 290 g/mol. The van der Waals surface area contributed by atoms with E-state index in [0.29, 0.717) is 6.54 Å². The number of para-hydroxylation sites is 1. The average Bonchev–Trinajstić information content (AvgIpc) is 2.84. The fraction of sp³-hybridized carbons (Fsp3) is 0.467. The molecule has 0 unspecified atom stereocenters. The standard InChI is InChI=1S/C15H22N4S/c1-5-11-8-7-9-12(6-2)14(11)16-10-13-17-18-15(20-4)19(13)3/h7-9,16H,5-6,10H2,1-4H3. The summed E-state index contributed by atoms with van der Waals surface area (Å²) in [7, 11) is 2.01. The van der Waals surface area contributed by atoms with Crippen LogP contribution in [-0.4, -0.2) is 21.0 Å². The minimum Gasteiger partial charge on any atom is -0.377 e. The smallest absolute Gasteiger partial charge is 0.190 e. The summed E-state index contributed by atoms with van der Waals surface area (Å²) < 4.78 is 2.04. The molecule has 1 aromatic heterocycles. The number of thioether (sulfide) groups is 1. The number of nitrogens with one attached hydrogen (secondary N) is 1. The van der Waals surface area contributed by atoms with Gasteiger partial charge in [0.1, 0.15) is 0 Å². The van der Waals surface area contributed by atoms with Gasteiger partial charge in [-0.3, -0.25) is 0 Å². The highest BCUT2D eigenvalue weighted by Gasteiger charge is 2.10. The molecule has 0 atom stereocenters. The van der Waals surface area contributed by atoms with Crippen LogP contribution in [0.1, 0.15) is 30.8 Å². The first-order valence-corrected chi connectivity index (χ1v) is 8.20. The molecular formula is C15H22N4S.